The maximum Gasteiger partial charge on any atom is 0.343 e. The minimum absolute atomic E-state index is 0.185. The number of nitro groups is 1. The van der Waals surface area contributed by atoms with E-state index in [0.29, 0.717) is 23.6 Å². The molecule has 2 N–H and O–H groups in total. The lowest BCUT2D eigenvalue weighted by molar-refractivity contribution is -0.385. The molecule has 0 bridgehead atoms. The van der Waals surface area contributed by atoms with Crippen molar-refractivity contribution < 1.29 is 19.0 Å². The molecule has 8 heteroatoms. The third kappa shape index (κ3) is 4.39. The highest BCUT2D eigenvalue weighted by molar-refractivity contribution is 7.84. The summed E-state index contributed by atoms with van der Waals surface area (Å²) in [5.41, 5.74) is -0.385. The maximum atomic E-state index is 11.2. The molecule has 0 fully saturated rings. The van der Waals surface area contributed by atoms with E-state index in [4.69, 9.17) is 5.11 Å². The second kappa shape index (κ2) is 7.71. The number of rotatable bonds is 8. The predicted octanol–water partition coefficient (Wildman–Crippen LogP) is 1.15. The van der Waals surface area contributed by atoms with E-state index in [1.54, 1.807) is 0 Å². The van der Waals surface area contributed by atoms with Gasteiger partial charge in [-0.25, -0.2) is 4.79 Å². The molecule has 0 heterocycles. The van der Waals surface area contributed by atoms with Gasteiger partial charge in [-0.3, -0.25) is 14.3 Å². The highest BCUT2D eigenvalue weighted by Gasteiger charge is 2.22. The number of nitrogens with zero attached hydrogens (tertiary/aromatic N) is 1. The highest BCUT2D eigenvalue weighted by atomic mass is 32.2. The van der Waals surface area contributed by atoms with E-state index in [0.717, 1.165) is 0 Å². The average Bonchev–Trinajstić information content (AvgIpc) is 2.42. The monoisotopic (exact) mass is 300 g/mol. The van der Waals surface area contributed by atoms with Gasteiger partial charge in [-0.2, -0.15) is 0 Å². The van der Waals surface area contributed by atoms with Gasteiger partial charge in [0.05, 0.1) is 4.92 Å². The van der Waals surface area contributed by atoms with Crippen molar-refractivity contribution in [1.29, 1.82) is 0 Å². The Labute approximate surface area is 118 Å². The zero-order valence-corrected chi connectivity index (χ0v) is 11.8. The van der Waals surface area contributed by atoms with Crippen LogP contribution in [-0.2, 0) is 17.3 Å². The summed E-state index contributed by atoms with van der Waals surface area (Å²) in [5, 5.41) is 22.9. The first-order valence-corrected chi connectivity index (χ1v) is 7.51. The fraction of sp³-hybridized carbons (Fsp3) is 0.417. The zero-order valence-electron chi connectivity index (χ0n) is 11.0. The Morgan fingerprint density at radius 3 is 2.75 bits per heavy atom. The van der Waals surface area contributed by atoms with Crippen molar-refractivity contribution in [3.8, 4) is 0 Å². The van der Waals surface area contributed by atoms with Crippen LogP contribution < -0.4 is 5.32 Å². The van der Waals surface area contributed by atoms with Crippen molar-refractivity contribution in [2.45, 2.75) is 13.5 Å². The quantitative estimate of drug-likeness (QED) is 0.423. The molecule has 0 aliphatic heterocycles. The summed E-state index contributed by atoms with van der Waals surface area (Å²) in [4.78, 5) is 21.3. The molecule has 0 amide bonds. The van der Waals surface area contributed by atoms with Gasteiger partial charge in [0.25, 0.3) is 5.69 Å². The Kier molecular flexibility index (Phi) is 6.26. The van der Waals surface area contributed by atoms with Crippen LogP contribution >= 0.6 is 0 Å². The fourth-order valence-corrected chi connectivity index (χ4v) is 2.35. The van der Waals surface area contributed by atoms with Crippen molar-refractivity contribution in [3.05, 3.63) is 39.4 Å². The first-order valence-electron chi connectivity index (χ1n) is 6.02. The number of carbonyl (C=O) groups is 1. The molecule has 0 radical (unpaired) electrons. The molecule has 20 heavy (non-hydrogen) atoms. The molecule has 1 aromatic rings. The summed E-state index contributed by atoms with van der Waals surface area (Å²) in [6, 6.07) is 4.14. The third-order valence-corrected chi connectivity index (χ3v) is 3.99. The van der Waals surface area contributed by atoms with E-state index in [1.165, 1.54) is 18.2 Å². The Balaban J connectivity index is 2.79. The smallest absolute Gasteiger partial charge is 0.343 e. The summed E-state index contributed by atoms with van der Waals surface area (Å²) < 4.78 is 11.2. The molecular weight excluding hydrogens is 284 g/mol. The lowest BCUT2D eigenvalue weighted by Crippen LogP contribution is -2.22. The number of hydrogen-bond acceptors (Lipinski definition) is 5. The lowest BCUT2D eigenvalue weighted by Gasteiger charge is -2.08. The van der Waals surface area contributed by atoms with Crippen LogP contribution in [0.2, 0.25) is 0 Å². The van der Waals surface area contributed by atoms with Crippen LogP contribution in [0.3, 0.4) is 0 Å². The van der Waals surface area contributed by atoms with Gasteiger partial charge in [0.2, 0.25) is 0 Å². The minimum Gasteiger partial charge on any atom is -0.477 e. The second-order valence-corrected chi connectivity index (χ2v) is 5.85. The van der Waals surface area contributed by atoms with E-state index in [1.807, 2.05) is 6.92 Å². The van der Waals surface area contributed by atoms with Crippen LogP contribution in [0.5, 0.6) is 0 Å². The number of aromatic carboxylic acids is 1. The van der Waals surface area contributed by atoms with E-state index in [9.17, 15) is 19.1 Å². The number of hydrogen-bond donors (Lipinski definition) is 2. The zero-order chi connectivity index (χ0) is 15.1. The summed E-state index contributed by atoms with van der Waals surface area (Å²) in [6.45, 7) is 2.46. The summed E-state index contributed by atoms with van der Waals surface area (Å²) in [5.74, 6) is -0.293. The van der Waals surface area contributed by atoms with E-state index in [-0.39, 0.29) is 12.1 Å². The van der Waals surface area contributed by atoms with Crippen molar-refractivity contribution in [1.82, 2.24) is 5.32 Å². The number of carboxylic acids is 1. The molecule has 1 unspecified atom stereocenters. The van der Waals surface area contributed by atoms with Gasteiger partial charge < -0.3 is 10.4 Å². The fourth-order valence-electron chi connectivity index (χ4n) is 1.69. The van der Waals surface area contributed by atoms with E-state index >= 15 is 0 Å². The summed E-state index contributed by atoms with van der Waals surface area (Å²) in [7, 11) is -0.898. The normalized spacial score (nSPS) is 12.1. The Morgan fingerprint density at radius 1 is 1.50 bits per heavy atom. The topological polar surface area (TPSA) is 110 Å². The lowest BCUT2D eigenvalue weighted by atomic mass is 10.1. The van der Waals surface area contributed by atoms with Crippen molar-refractivity contribution >= 4 is 22.5 Å². The highest BCUT2D eigenvalue weighted by Crippen LogP contribution is 2.22. The summed E-state index contributed by atoms with van der Waals surface area (Å²) in [6.07, 6.45) is 0. The van der Waals surface area contributed by atoms with E-state index < -0.39 is 27.4 Å². The standard InChI is InChI=1S/C12H16N2O5S/c1-2-20(19)7-6-13-8-9-4-3-5-10(14(17)18)11(9)12(15)16/h3-5,13H,2,6-8H2,1H3,(H,15,16). The van der Waals surface area contributed by atoms with Gasteiger partial charge in [0.1, 0.15) is 5.56 Å². The molecule has 1 atom stereocenters. The van der Waals surface area contributed by atoms with E-state index in [2.05, 4.69) is 5.32 Å². The molecule has 0 saturated carbocycles. The van der Waals surface area contributed by atoms with Gasteiger partial charge >= 0.3 is 5.97 Å². The molecule has 1 rings (SSSR count). The molecule has 1 aromatic carbocycles. The second-order valence-electron chi connectivity index (χ2n) is 3.98. The van der Waals surface area contributed by atoms with Crippen molar-refractivity contribution in [2.75, 3.05) is 18.1 Å². The summed E-state index contributed by atoms with van der Waals surface area (Å²) >= 11 is 0. The van der Waals surface area contributed by atoms with Gasteiger partial charge in [-0.05, 0) is 5.56 Å². The first-order chi connectivity index (χ1) is 9.47. The van der Waals surface area contributed by atoms with Gasteiger partial charge in [-0.15, -0.1) is 0 Å². The van der Waals surface area contributed by atoms with Crippen LogP contribution in [0.4, 0.5) is 5.69 Å². The van der Waals surface area contributed by atoms with Crippen LogP contribution in [0.15, 0.2) is 18.2 Å². The van der Waals surface area contributed by atoms with Gasteiger partial charge in [0, 0.05) is 41.5 Å². The number of nitrogens with one attached hydrogen (secondary N) is 1. The predicted molar refractivity (Wildman–Crippen MR) is 75.3 cm³/mol. The Hall–Kier alpha value is -1.80. The molecule has 0 aromatic heterocycles. The number of carboxylic acid groups (broad SMARTS) is 1. The van der Waals surface area contributed by atoms with Crippen LogP contribution in [0.25, 0.3) is 0 Å². The van der Waals surface area contributed by atoms with Gasteiger partial charge in [0.15, 0.2) is 0 Å². The maximum absolute atomic E-state index is 11.2. The van der Waals surface area contributed by atoms with Crippen LogP contribution in [0, 0.1) is 10.1 Å². The number of nitro benzene ring substituents is 1. The van der Waals surface area contributed by atoms with Gasteiger partial charge in [-0.1, -0.05) is 19.1 Å². The first kappa shape index (κ1) is 16.3. The minimum atomic E-state index is -1.33. The molecule has 110 valence electrons. The van der Waals surface area contributed by atoms with Crippen LogP contribution in [-0.4, -0.2) is 38.3 Å². The molecule has 0 saturated heterocycles. The Bertz CT molecular complexity index is 533. The molecule has 0 aliphatic rings. The number of benzene rings is 1. The Morgan fingerprint density at radius 2 is 2.20 bits per heavy atom. The third-order valence-electron chi connectivity index (χ3n) is 2.68. The van der Waals surface area contributed by atoms with Crippen LogP contribution in [0.1, 0.15) is 22.8 Å². The molecule has 0 spiro atoms. The van der Waals surface area contributed by atoms with Crippen molar-refractivity contribution in [2.24, 2.45) is 0 Å². The van der Waals surface area contributed by atoms with Crippen molar-refractivity contribution in [3.63, 3.8) is 0 Å². The average molecular weight is 300 g/mol. The SMILES string of the molecule is CCS(=O)CCNCc1cccc([N+](=O)[O-])c1C(=O)O. The molecular formula is C12H16N2O5S. The largest absolute Gasteiger partial charge is 0.477 e. The molecule has 7 nitrogen and oxygen atoms in total. The molecule has 0 aliphatic carbocycles.